The second kappa shape index (κ2) is 9.25. The normalized spacial score (nSPS) is 14.7. The molecule has 15 heavy (non-hydrogen) atoms. The van der Waals surface area contributed by atoms with Gasteiger partial charge < -0.3 is 4.90 Å². The molecule has 0 spiro atoms. The van der Waals surface area contributed by atoms with Crippen LogP contribution < -0.4 is 0 Å². The quantitative estimate of drug-likeness (QED) is 0.605. The highest BCUT2D eigenvalue weighted by Crippen LogP contribution is 2.22. The lowest BCUT2D eigenvalue weighted by atomic mass is 10.2. The van der Waals surface area contributed by atoms with Gasteiger partial charge in [0.2, 0.25) is 5.91 Å². The van der Waals surface area contributed by atoms with Crippen LogP contribution in [-0.2, 0) is 4.79 Å². The molecule has 0 fully saturated rings. The minimum Gasteiger partial charge on any atom is -0.315 e. The average Bonchev–Trinajstić information content (AvgIpc) is 2.51. The van der Waals surface area contributed by atoms with Crippen LogP contribution in [0, 0.1) is 0 Å². The number of hydrogen-bond acceptors (Lipinski definition) is 1. The molecule has 0 N–H and O–H groups in total. The Labute approximate surface area is 94.0 Å². The number of rotatable bonds is 1. The minimum absolute atomic E-state index is 0.190. The van der Waals surface area contributed by atoms with E-state index < -0.39 is 0 Å². The van der Waals surface area contributed by atoms with Crippen LogP contribution in [-0.4, -0.2) is 17.9 Å². The molecule has 0 aromatic carbocycles. The molecule has 0 aromatic heterocycles. The van der Waals surface area contributed by atoms with E-state index in [4.69, 9.17) is 0 Å². The van der Waals surface area contributed by atoms with E-state index in [0.717, 1.165) is 11.3 Å². The Balaban J connectivity index is 0. The fourth-order valence-electron chi connectivity index (χ4n) is 1.27. The summed E-state index contributed by atoms with van der Waals surface area (Å²) in [5, 5.41) is 0. The first-order valence-electron chi connectivity index (χ1n) is 5.26. The van der Waals surface area contributed by atoms with E-state index in [1.807, 2.05) is 46.9 Å². The van der Waals surface area contributed by atoms with Gasteiger partial charge in [-0.25, -0.2) is 0 Å². The first-order valence-corrected chi connectivity index (χ1v) is 5.26. The van der Waals surface area contributed by atoms with Gasteiger partial charge in [0.15, 0.2) is 0 Å². The maximum absolute atomic E-state index is 11.1. The van der Waals surface area contributed by atoms with Gasteiger partial charge in [-0.05, 0) is 25.5 Å². The van der Waals surface area contributed by atoms with E-state index in [1.54, 1.807) is 4.90 Å². The molecule has 1 amide bonds. The highest BCUT2D eigenvalue weighted by molar-refractivity contribution is 5.84. The summed E-state index contributed by atoms with van der Waals surface area (Å²) in [6.45, 7) is 14.0. The first kappa shape index (κ1) is 16.1. The van der Waals surface area contributed by atoms with Gasteiger partial charge in [-0.1, -0.05) is 19.9 Å². The van der Waals surface area contributed by atoms with Crippen molar-refractivity contribution in [3.63, 3.8) is 0 Å². The van der Waals surface area contributed by atoms with Gasteiger partial charge in [0.25, 0.3) is 0 Å². The lowest BCUT2D eigenvalue weighted by Crippen LogP contribution is -2.18. The maximum Gasteiger partial charge on any atom is 0.230 e. The van der Waals surface area contributed by atoms with E-state index in [9.17, 15) is 4.79 Å². The predicted octanol–water partition coefficient (Wildman–Crippen LogP) is 3.53. The number of hydrogen-bond donors (Lipinski definition) is 0. The van der Waals surface area contributed by atoms with Crippen LogP contribution in [0.4, 0.5) is 0 Å². The lowest BCUT2D eigenvalue weighted by molar-refractivity contribution is -0.125. The third-order valence-electron chi connectivity index (χ3n) is 1.91. The first-order chi connectivity index (χ1) is 7.16. The summed E-state index contributed by atoms with van der Waals surface area (Å²) < 4.78 is 0. The number of likely N-dealkylation sites (N-methyl/N-ethyl adjacent to an activating group) is 1. The smallest absolute Gasteiger partial charge is 0.230 e. The monoisotopic (exact) mass is 209 g/mol. The Morgan fingerprint density at radius 1 is 1.33 bits per heavy atom. The summed E-state index contributed by atoms with van der Waals surface area (Å²) in [5.41, 5.74) is 2.22. The third-order valence-corrected chi connectivity index (χ3v) is 1.91. The van der Waals surface area contributed by atoms with Gasteiger partial charge in [-0.15, -0.1) is 13.2 Å². The summed E-state index contributed by atoms with van der Waals surface area (Å²) in [4.78, 5) is 12.8. The SMILES string of the molecule is C/C=C\C1=C(C)CC(=O)N1C.C=C.CC. The molecule has 0 radical (unpaired) electrons. The van der Waals surface area contributed by atoms with Gasteiger partial charge in [-0.2, -0.15) is 0 Å². The van der Waals surface area contributed by atoms with Crippen molar-refractivity contribution < 1.29 is 4.79 Å². The maximum atomic E-state index is 11.1. The molecule has 1 aliphatic rings. The van der Waals surface area contributed by atoms with Crippen LogP contribution in [0.3, 0.4) is 0 Å². The van der Waals surface area contributed by atoms with Crippen LogP contribution >= 0.6 is 0 Å². The number of carbonyl (C=O) groups is 1. The van der Waals surface area contributed by atoms with Crippen molar-refractivity contribution in [2.24, 2.45) is 0 Å². The van der Waals surface area contributed by atoms with E-state index in [2.05, 4.69) is 13.2 Å². The van der Waals surface area contributed by atoms with Crippen molar-refractivity contribution in [1.29, 1.82) is 0 Å². The van der Waals surface area contributed by atoms with Crippen molar-refractivity contribution in [3.05, 3.63) is 36.6 Å². The van der Waals surface area contributed by atoms with Crippen LogP contribution in [0.1, 0.15) is 34.1 Å². The molecular formula is C13H23NO. The van der Waals surface area contributed by atoms with Crippen LogP contribution in [0.15, 0.2) is 36.6 Å². The van der Waals surface area contributed by atoms with Crippen LogP contribution in [0.25, 0.3) is 0 Å². The zero-order valence-electron chi connectivity index (χ0n) is 10.6. The molecule has 0 bridgehead atoms. The van der Waals surface area contributed by atoms with Gasteiger partial charge in [0.05, 0.1) is 6.42 Å². The second-order valence-corrected chi connectivity index (χ2v) is 2.80. The van der Waals surface area contributed by atoms with Crippen LogP contribution in [0.5, 0.6) is 0 Å². The van der Waals surface area contributed by atoms with Gasteiger partial charge in [-0.3, -0.25) is 4.79 Å². The Hall–Kier alpha value is -1.31. The van der Waals surface area contributed by atoms with Crippen molar-refractivity contribution in [3.8, 4) is 0 Å². The van der Waals surface area contributed by atoms with Gasteiger partial charge in [0.1, 0.15) is 0 Å². The van der Waals surface area contributed by atoms with Gasteiger partial charge >= 0.3 is 0 Å². The predicted molar refractivity (Wildman–Crippen MR) is 67.5 cm³/mol. The molecule has 1 aliphatic heterocycles. The second-order valence-electron chi connectivity index (χ2n) is 2.80. The molecule has 0 aromatic rings. The van der Waals surface area contributed by atoms with Crippen LogP contribution in [0.2, 0.25) is 0 Å². The molecule has 2 nitrogen and oxygen atoms in total. The van der Waals surface area contributed by atoms with Crippen molar-refractivity contribution >= 4 is 5.91 Å². The summed E-state index contributed by atoms with van der Waals surface area (Å²) in [5.74, 6) is 0.190. The minimum atomic E-state index is 0.190. The fourth-order valence-corrected chi connectivity index (χ4v) is 1.27. The highest BCUT2D eigenvalue weighted by atomic mass is 16.2. The topological polar surface area (TPSA) is 20.3 Å². The van der Waals surface area contributed by atoms with E-state index in [1.165, 1.54) is 0 Å². The Bertz CT molecular complexity index is 251. The molecule has 1 rings (SSSR count). The largest absolute Gasteiger partial charge is 0.315 e. The highest BCUT2D eigenvalue weighted by Gasteiger charge is 2.21. The average molecular weight is 209 g/mol. The summed E-state index contributed by atoms with van der Waals surface area (Å²) >= 11 is 0. The lowest BCUT2D eigenvalue weighted by Gasteiger charge is -2.10. The molecule has 86 valence electrons. The molecule has 0 atom stereocenters. The third kappa shape index (κ3) is 4.63. The Morgan fingerprint density at radius 2 is 1.80 bits per heavy atom. The summed E-state index contributed by atoms with van der Waals surface area (Å²) in [7, 11) is 1.81. The summed E-state index contributed by atoms with van der Waals surface area (Å²) in [6, 6.07) is 0. The van der Waals surface area contributed by atoms with E-state index in [-0.39, 0.29) is 5.91 Å². The molecule has 0 aliphatic carbocycles. The van der Waals surface area contributed by atoms with E-state index >= 15 is 0 Å². The fraction of sp³-hybridized carbons (Fsp3) is 0.462. The molecule has 0 saturated heterocycles. The molecule has 1 heterocycles. The molecule has 0 saturated carbocycles. The van der Waals surface area contributed by atoms with Gasteiger partial charge in [0, 0.05) is 12.7 Å². The van der Waals surface area contributed by atoms with Crippen molar-refractivity contribution in [1.82, 2.24) is 4.90 Å². The Morgan fingerprint density at radius 3 is 2.07 bits per heavy atom. The number of nitrogens with zero attached hydrogens (tertiary/aromatic N) is 1. The molecular weight excluding hydrogens is 186 g/mol. The zero-order chi connectivity index (χ0) is 12.4. The van der Waals surface area contributed by atoms with Crippen molar-refractivity contribution in [2.45, 2.75) is 34.1 Å². The number of carbonyl (C=O) groups excluding carboxylic acids is 1. The van der Waals surface area contributed by atoms with E-state index in [0.29, 0.717) is 6.42 Å². The molecule has 2 heteroatoms. The zero-order valence-corrected chi connectivity index (χ0v) is 10.6. The van der Waals surface area contributed by atoms with Crippen molar-refractivity contribution in [2.75, 3.05) is 7.05 Å². The standard InChI is InChI=1S/C9H13NO.C2H6.C2H4/c1-4-5-8-7(2)6-9(11)10(8)3;2*1-2/h4-5H,6H2,1-3H3;1-2H3;1-2H2/b5-4-;;. The number of amides is 1. The summed E-state index contributed by atoms with van der Waals surface area (Å²) in [6.07, 6.45) is 4.50. The Kier molecular flexibility index (Phi) is 9.95. The number of allylic oxidation sites excluding steroid dienone is 2. The molecule has 0 unspecified atom stereocenters.